The number of hydrogen-bond acceptors (Lipinski definition) is 4. The standard InChI is InChI=1S/C19H22FN3O2/c20-14-4-3-5-15(12-14)22-19(25)13-21-17-6-1-2-7-18(17)23-10-8-16(24)9-11-23/h1-7,12,16,21,24H,8-11,13H2,(H,22,25). The van der Waals surface area contributed by atoms with Crippen molar-refractivity contribution in [2.45, 2.75) is 18.9 Å². The summed E-state index contributed by atoms with van der Waals surface area (Å²) in [7, 11) is 0. The van der Waals surface area contributed by atoms with Crippen LogP contribution >= 0.6 is 0 Å². The maximum absolute atomic E-state index is 13.2. The Bertz CT molecular complexity index is 730. The van der Waals surface area contributed by atoms with Crippen LogP contribution in [0.3, 0.4) is 0 Å². The van der Waals surface area contributed by atoms with Gasteiger partial charge in [-0.05, 0) is 43.2 Å². The molecule has 132 valence electrons. The second-order valence-corrected chi connectivity index (χ2v) is 6.15. The van der Waals surface area contributed by atoms with Crippen molar-refractivity contribution in [2.24, 2.45) is 0 Å². The van der Waals surface area contributed by atoms with Crippen LogP contribution in [0.1, 0.15) is 12.8 Å². The minimum Gasteiger partial charge on any atom is -0.393 e. The predicted octanol–water partition coefficient (Wildman–Crippen LogP) is 2.84. The van der Waals surface area contributed by atoms with E-state index in [1.165, 1.54) is 12.1 Å². The van der Waals surface area contributed by atoms with Gasteiger partial charge < -0.3 is 20.6 Å². The molecule has 0 saturated carbocycles. The van der Waals surface area contributed by atoms with Crippen molar-refractivity contribution in [3.8, 4) is 0 Å². The molecule has 3 rings (SSSR count). The van der Waals surface area contributed by atoms with Gasteiger partial charge in [-0.1, -0.05) is 18.2 Å². The largest absolute Gasteiger partial charge is 0.393 e. The second kappa shape index (κ2) is 7.98. The number of para-hydroxylation sites is 2. The molecular weight excluding hydrogens is 321 g/mol. The first-order valence-electron chi connectivity index (χ1n) is 8.43. The number of carbonyl (C=O) groups excluding carboxylic acids is 1. The molecule has 1 aliphatic heterocycles. The number of anilines is 3. The molecule has 1 aliphatic rings. The highest BCUT2D eigenvalue weighted by Gasteiger charge is 2.19. The minimum atomic E-state index is -0.386. The molecule has 2 aromatic carbocycles. The van der Waals surface area contributed by atoms with Crippen molar-refractivity contribution in [1.29, 1.82) is 0 Å². The number of nitrogens with zero attached hydrogens (tertiary/aromatic N) is 1. The summed E-state index contributed by atoms with van der Waals surface area (Å²) < 4.78 is 13.2. The Morgan fingerprint density at radius 2 is 1.92 bits per heavy atom. The Morgan fingerprint density at radius 3 is 2.68 bits per heavy atom. The minimum absolute atomic E-state index is 0.0873. The summed E-state index contributed by atoms with van der Waals surface area (Å²) in [5.74, 6) is -0.627. The molecule has 0 spiro atoms. The van der Waals surface area contributed by atoms with Crippen LogP contribution < -0.4 is 15.5 Å². The molecule has 0 bridgehead atoms. The van der Waals surface area contributed by atoms with Gasteiger partial charge in [0, 0.05) is 18.8 Å². The summed E-state index contributed by atoms with van der Waals surface area (Å²) in [6.07, 6.45) is 1.26. The Labute approximate surface area is 146 Å². The lowest BCUT2D eigenvalue weighted by Gasteiger charge is -2.32. The van der Waals surface area contributed by atoms with Crippen LogP contribution in [0.15, 0.2) is 48.5 Å². The van der Waals surface area contributed by atoms with E-state index in [0.717, 1.165) is 37.3 Å². The summed E-state index contributed by atoms with van der Waals surface area (Å²) in [5.41, 5.74) is 2.33. The summed E-state index contributed by atoms with van der Waals surface area (Å²) in [4.78, 5) is 14.3. The third kappa shape index (κ3) is 4.70. The van der Waals surface area contributed by atoms with Crippen molar-refractivity contribution in [3.05, 3.63) is 54.3 Å². The van der Waals surface area contributed by atoms with Gasteiger partial charge in [0.1, 0.15) is 5.82 Å². The molecule has 0 aromatic heterocycles. The molecule has 25 heavy (non-hydrogen) atoms. The summed E-state index contributed by atoms with van der Waals surface area (Å²) in [5, 5.41) is 15.5. The molecule has 1 heterocycles. The van der Waals surface area contributed by atoms with Crippen molar-refractivity contribution in [2.75, 3.05) is 35.2 Å². The normalized spacial score (nSPS) is 15.0. The van der Waals surface area contributed by atoms with E-state index < -0.39 is 0 Å². The number of amides is 1. The van der Waals surface area contributed by atoms with Gasteiger partial charge in [-0.2, -0.15) is 0 Å². The zero-order valence-electron chi connectivity index (χ0n) is 13.9. The number of rotatable bonds is 5. The van der Waals surface area contributed by atoms with E-state index in [-0.39, 0.29) is 24.4 Å². The van der Waals surface area contributed by atoms with Gasteiger partial charge in [-0.3, -0.25) is 4.79 Å². The van der Waals surface area contributed by atoms with Crippen molar-refractivity contribution < 1.29 is 14.3 Å². The average molecular weight is 343 g/mol. The van der Waals surface area contributed by atoms with Gasteiger partial charge in [0.2, 0.25) is 5.91 Å². The molecule has 0 atom stereocenters. The quantitative estimate of drug-likeness (QED) is 0.781. The molecule has 3 N–H and O–H groups in total. The molecule has 1 saturated heterocycles. The maximum atomic E-state index is 13.2. The van der Waals surface area contributed by atoms with Crippen molar-refractivity contribution >= 4 is 23.0 Å². The molecule has 1 amide bonds. The van der Waals surface area contributed by atoms with Crippen LogP contribution in [0.4, 0.5) is 21.5 Å². The molecule has 0 radical (unpaired) electrons. The fraction of sp³-hybridized carbons (Fsp3) is 0.316. The average Bonchev–Trinajstić information content (AvgIpc) is 2.61. The number of piperidine rings is 1. The smallest absolute Gasteiger partial charge is 0.243 e. The Morgan fingerprint density at radius 1 is 1.16 bits per heavy atom. The number of halogens is 1. The zero-order chi connectivity index (χ0) is 17.6. The van der Waals surface area contributed by atoms with E-state index in [0.29, 0.717) is 5.69 Å². The zero-order valence-corrected chi connectivity index (χ0v) is 13.9. The predicted molar refractivity (Wildman–Crippen MR) is 97.4 cm³/mol. The molecule has 6 heteroatoms. The van der Waals surface area contributed by atoms with Crippen LogP contribution in [0.25, 0.3) is 0 Å². The lowest BCUT2D eigenvalue weighted by atomic mass is 10.1. The lowest BCUT2D eigenvalue weighted by molar-refractivity contribution is -0.114. The Kier molecular flexibility index (Phi) is 5.50. The molecule has 1 fully saturated rings. The molecule has 0 unspecified atom stereocenters. The third-order valence-corrected chi connectivity index (χ3v) is 4.26. The number of aliphatic hydroxyl groups excluding tert-OH is 1. The van der Waals surface area contributed by atoms with E-state index >= 15 is 0 Å². The van der Waals surface area contributed by atoms with Crippen LogP contribution in [-0.4, -0.2) is 36.8 Å². The van der Waals surface area contributed by atoms with E-state index in [2.05, 4.69) is 15.5 Å². The van der Waals surface area contributed by atoms with Gasteiger partial charge >= 0.3 is 0 Å². The number of nitrogens with one attached hydrogen (secondary N) is 2. The van der Waals surface area contributed by atoms with Gasteiger partial charge in [-0.25, -0.2) is 4.39 Å². The number of hydrogen-bond donors (Lipinski definition) is 3. The van der Waals surface area contributed by atoms with Gasteiger partial charge in [0.15, 0.2) is 0 Å². The fourth-order valence-electron chi connectivity index (χ4n) is 2.95. The van der Waals surface area contributed by atoms with Crippen LogP contribution in [0.2, 0.25) is 0 Å². The van der Waals surface area contributed by atoms with Crippen LogP contribution in [0.5, 0.6) is 0 Å². The van der Waals surface area contributed by atoms with Crippen molar-refractivity contribution in [3.63, 3.8) is 0 Å². The maximum Gasteiger partial charge on any atom is 0.243 e. The first kappa shape index (κ1) is 17.2. The number of benzene rings is 2. The molecular formula is C19H22FN3O2. The molecule has 0 aliphatic carbocycles. The SMILES string of the molecule is O=C(CNc1ccccc1N1CCC(O)CC1)Nc1cccc(F)c1. The first-order chi connectivity index (χ1) is 12.1. The topological polar surface area (TPSA) is 64.6 Å². The van der Waals surface area contributed by atoms with E-state index in [1.807, 2.05) is 24.3 Å². The monoisotopic (exact) mass is 343 g/mol. The summed E-state index contributed by atoms with van der Waals surface area (Å²) in [6.45, 7) is 1.66. The van der Waals surface area contributed by atoms with Crippen LogP contribution in [0, 0.1) is 5.82 Å². The fourth-order valence-corrected chi connectivity index (χ4v) is 2.95. The molecule has 5 nitrogen and oxygen atoms in total. The van der Waals surface area contributed by atoms with Gasteiger partial charge in [0.05, 0.1) is 24.0 Å². The summed E-state index contributed by atoms with van der Waals surface area (Å²) >= 11 is 0. The van der Waals surface area contributed by atoms with E-state index in [1.54, 1.807) is 12.1 Å². The molecule has 2 aromatic rings. The second-order valence-electron chi connectivity index (χ2n) is 6.15. The first-order valence-corrected chi connectivity index (χ1v) is 8.43. The lowest BCUT2D eigenvalue weighted by Crippen LogP contribution is -2.36. The number of carbonyl (C=O) groups is 1. The number of aliphatic hydroxyl groups is 1. The van der Waals surface area contributed by atoms with E-state index in [9.17, 15) is 14.3 Å². The highest BCUT2D eigenvalue weighted by molar-refractivity contribution is 5.94. The van der Waals surface area contributed by atoms with Gasteiger partial charge in [-0.15, -0.1) is 0 Å². The third-order valence-electron chi connectivity index (χ3n) is 4.26. The Hall–Kier alpha value is -2.60. The highest BCUT2D eigenvalue weighted by atomic mass is 19.1. The van der Waals surface area contributed by atoms with Crippen LogP contribution in [-0.2, 0) is 4.79 Å². The van der Waals surface area contributed by atoms with E-state index in [4.69, 9.17) is 0 Å². The van der Waals surface area contributed by atoms with Crippen molar-refractivity contribution in [1.82, 2.24) is 0 Å². The van der Waals surface area contributed by atoms with Gasteiger partial charge in [0.25, 0.3) is 0 Å². The highest BCUT2D eigenvalue weighted by Crippen LogP contribution is 2.28. The Balaban J connectivity index is 1.60. The summed E-state index contributed by atoms with van der Waals surface area (Å²) in [6, 6.07) is 13.6.